The molecule has 2 nitrogen and oxygen atoms in total. The zero-order valence-electron chi connectivity index (χ0n) is 12.3. The second-order valence-electron chi connectivity index (χ2n) is 5.11. The first-order valence-electron chi connectivity index (χ1n) is 7.02. The zero-order chi connectivity index (χ0) is 15.2. The number of rotatable bonds is 6. The molecule has 0 amide bonds. The Morgan fingerprint density at radius 3 is 2.48 bits per heavy atom. The van der Waals surface area contributed by atoms with Gasteiger partial charge in [0.2, 0.25) is 0 Å². The van der Waals surface area contributed by atoms with Crippen molar-refractivity contribution >= 4 is 21.6 Å². The molecule has 0 saturated carbocycles. The average Bonchev–Trinajstić information content (AvgIpc) is 2.49. The molecule has 0 aromatic heterocycles. The maximum Gasteiger partial charge on any atom is 0.127 e. The third-order valence-electron chi connectivity index (χ3n) is 3.65. The Labute approximate surface area is 134 Å². The van der Waals surface area contributed by atoms with Gasteiger partial charge in [0.05, 0.1) is 0 Å². The van der Waals surface area contributed by atoms with E-state index in [9.17, 15) is 4.39 Å². The van der Waals surface area contributed by atoms with Crippen molar-refractivity contribution < 1.29 is 4.39 Å². The van der Waals surface area contributed by atoms with Crippen LogP contribution in [0.4, 0.5) is 10.1 Å². The lowest BCUT2D eigenvalue weighted by Crippen LogP contribution is -2.28. The van der Waals surface area contributed by atoms with Crippen LogP contribution in [0.5, 0.6) is 0 Å². The van der Waals surface area contributed by atoms with Crippen LogP contribution < -0.4 is 5.32 Å². The number of hydrogen-bond acceptors (Lipinski definition) is 2. The predicted molar refractivity (Wildman–Crippen MR) is 90.1 cm³/mol. The number of halogens is 2. The van der Waals surface area contributed by atoms with Gasteiger partial charge >= 0.3 is 0 Å². The van der Waals surface area contributed by atoms with E-state index in [1.807, 2.05) is 50.4 Å². The van der Waals surface area contributed by atoms with Gasteiger partial charge in [-0.25, -0.2) is 4.39 Å². The Kier molecular flexibility index (Phi) is 5.76. The highest BCUT2D eigenvalue weighted by molar-refractivity contribution is 9.10. The van der Waals surface area contributed by atoms with Gasteiger partial charge in [0, 0.05) is 34.9 Å². The number of anilines is 1. The first-order chi connectivity index (χ1) is 10.1. The Morgan fingerprint density at radius 1 is 1.14 bits per heavy atom. The third kappa shape index (κ3) is 4.55. The first kappa shape index (κ1) is 16.0. The van der Waals surface area contributed by atoms with E-state index < -0.39 is 0 Å². The molecular weight excluding hydrogens is 331 g/mol. The zero-order valence-corrected chi connectivity index (χ0v) is 13.9. The van der Waals surface area contributed by atoms with Crippen molar-refractivity contribution in [2.75, 3.05) is 25.5 Å². The van der Waals surface area contributed by atoms with Crippen LogP contribution >= 0.6 is 15.9 Å². The van der Waals surface area contributed by atoms with E-state index in [2.05, 4.69) is 26.1 Å². The van der Waals surface area contributed by atoms with Gasteiger partial charge in [0.15, 0.2) is 0 Å². The smallest absolute Gasteiger partial charge is 0.127 e. The summed E-state index contributed by atoms with van der Waals surface area (Å²) >= 11 is 3.42. The Balaban J connectivity index is 1.85. The minimum atomic E-state index is -0.141. The van der Waals surface area contributed by atoms with E-state index in [-0.39, 0.29) is 11.9 Å². The van der Waals surface area contributed by atoms with Crippen LogP contribution in [-0.2, 0) is 0 Å². The van der Waals surface area contributed by atoms with Crippen molar-refractivity contribution in [3.8, 4) is 0 Å². The average molecular weight is 351 g/mol. The van der Waals surface area contributed by atoms with Gasteiger partial charge in [0.25, 0.3) is 0 Å². The molecule has 1 atom stereocenters. The highest BCUT2D eigenvalue weighted by Gasteiger charge is 2.14. The molecule has 0 aliphatic heterocycles. The topological polar surface area (TPSA) is 15.3 Å². The molecule has 112 valence electrons. The van der Waals surface area contributed by atoms with E-state index in [1.165, 1.54) is 6.07 Å². The minimum absolute atomic E-state index is 0.0536. The van der Waals surface area contributed by atoms with Crippen LogP contribution in [0.3, 0.4) is 0 Å². The first-order valence-corrected chi connectivity index (χ1v) is 7.81. The summed E-state index contributed by atoms with van der Waals surface area (Å²) in [6.07, 6.45) is 0. The van der Waals surface area contributed by atoms with Gasteiger partial charge in [-0.3, -0.25) is 4.90 Å². The minimum Gasteiger partial charge on any atom is -0.384 e. The lowest BCUT2D eigenvalue weighted by molar-refractivity contribution is 0.266. The van der Waals surface area contributed by atoms with E-state index >= 15 is 0 Å². The summed E-state index contributed by atoms with van der Waals surface area (Å²) in [6, 6.07) is 15.1. The number of hydrogen-bond donors (Lipinski definition) is 1. The lowest BCUT2D eigenvalue weighted by Gasteiger charge is -2.25. The van der Waals surface area contributed by atoms with Crippen molar-refractivity contribution in [1.82, 2.24) is 4.90 Å². The van der Waals surface area contributed by atoms with E-state index in [0.717, 1.165) is 28.8 Å². The number of nitrogens with one attached hydrogen (secondary N) is 1. The number of nitrogens with zero attached hydrogens (tertiary/aromatic N) is 1. The summed E-state index contributed by atoms with van der Waals surface area (Å²) < 4.78 is 14.8. The molecule has 0 bridgehead atoms. The van der Waals surface area contributed by atoms with Crippen molar-refractivity contribution in [2.45, 2.75) is 13.0 Å². The Bertz CT molecular complexity index is 571. The molecule has 0 spiro atoms. The quantitative estimate of drug-likeness (QED) is 0.812. The summed E-state index contributed by atoms with van der Waals surface area (Å²) in [5.74, 6) is -0.141. The lowest BCUT2D eigenvalue weighted by atomic mass is 10.1. The molecular formula is C17H20BrFN2. The predicted octanol–water partition coefficient (Wildman–Crippen LogP) is 4.69. The molecule has 0 radical (unpaired) electrons. The molecule has 0 fully saturated rings. The SMILES string of the molecule is CC(c1ccccc1F)N(C)CCNc1ccc(Br)cc1. The Hall–Kier alpha value is -1.39. The summed E-state index contributed by atoms with van der Waals surface area (Å²) in [4.78, 5) is 2.14. The highest BCUT2D eigenvalue weighted by atomic mass is 79.9. The van der Waals surface area contributed by atoms with E-state index in [4.69, 9.17) is 0 Å². The van der Waals surface area contributed by atoms with Gasteiger partial charge in [-0.2, -0.15) is 0 Å². The molecule has 0 aliphatic rings. The maximum atomic E-state index is 13.8. The van der Waals surface area contributed by atoms with Crippen LogP contribution in [0, 0.1) is 5.82 Å². The normalized spacial score (nSPS) is 12.4. The van der Waals surface area contributed by atoms with Crippen LogP contribution in [0.2, 0.25) is 0 Å². The van der Waals surface area contributed by atoms with Crippen LogP contribution in [0.25, 0.3) is 0 Å². The molecule has 4 heteroatoms. The molecule has 0 aliphatic carbocycles. The molecule has 0 saturated heterocycles. The second-order valence-corrected chi connectivity index (χ2v) is 6.03. The van der Waals surface area contributed by atoms with Crippen molar-refractivity contribution in [2.24, 2.45) is 0 Å². The fourth-order valence-electron chi connectivity index (χ4n) is 2.19. The van der Waals surface area contributed by atoms with Crippen LogP contribution in [0.15, 0.2) is 53.0 Å². The molecule has 0 heterocycles. The monoisotopic (exact) mass is 350 g/mol. The van der Waals surface area contributed by atoms with E-state index in [1.54, 1.807) is 6.07 Å². The van der Waals surface area contributed by atoms with Crippen molar-refractivity contribution in [1.29, 1.82) is 0 Å². The molecule has 21 heavy (non-hydrogen) atoms. The van der Waals surface area contributed by atoms with Crippen molar-refractivity contribution in [3.63, 3.8) is 0 Å². The van der Waals surface area contributed by atoms with Crippen LogP contribution in [-0.4, -0.2) is 25.0 Å². The molecule has 1 N–H and O–H groups in total. The molecule has 2 aromatic carbocycles. The largest absolute Gasteiger partial charge is 0.384 e. The fourth-order valence-corrected chi connectivity index (χ4v) is 2.45. The summed E-state index contributed by atoms with van der Waals surface area (Å²) in [5.41, 5.74) is 1.83. The van der Waals surface area contributed by atoms with Gasteiger partial charge in [-0.1, -0.05) is 34.1 Å². The van der Waals surface area contributed by atoms with Gasteiger partial charge in [0.1, 0.15) is 5.82 Å². The fraction of sp³-hybridized carbons (Fsp3) is 0.294. The molecule has 2 rings (SSSR count). The van der Waals surface area contributed by atoms with Crippen molar-refractivity contribution in [3.05, 3.63) is 64.4 Å². The highest BCUT2D eigenvalue weighted by Crippen LogP contribution is 2.21. The third-order valence-corrected chi connectivity index (χ3v) is 4.18. The second kappa shape index (κ2) is 7.57. The molecule has 2 aromatic rings. The van der Waals surface area contributed by atoms with E-state index in [0.29, 0.717) is 0 Å². The number of likely N-dealkylation sites (N-methyl/N-ethyl adjacent to an activating group) is 1. The summed E-state index contributed by atoms with van der Waals surface area (Å²) in [7, 11) is 2.01. The molecule has 1 unspecified atom stereocenters. The number of benzene rings is 2. The van der Waals surface area contributed by atoms with Gasteiger partial charge in [-0.05, 0) is 44.3 Å². The summed E-state index contributed by atoms with van der Waals surface area (Å²) in [5, 5.41) is 3.37. The summed E-state index contributed by atoms with van der Waals surface area (Å²) in [6.45, 7) is 3.68. The maximum absolute atomic E-state index is 13.8. The van der Waals surface area contributed by atoms with Crippen LogP contribution in [0.1, 0.15) is 18.5 Å². The Morgan fingerprint density at radius 2 is 1.81 bits per heavy atom. The van der Waals surface area contributed by atoms with Gasteiger partial charge in [-0.15, -0.1) is 0 Å². The van der Waals surface area contributed by atoms with Gasteiger partial charge < -0.3 is 5.32 Å². The standard InChI is InChI=1S/C17H20BrFN2/c1-13(16-5-3-4-6-17(16)19)21(2)12-11-20-15-9-7-14(18)8-10-15/h3-10,13,20H,11-12H2,1-2H3.